The normalized spacial score (nSPS) is 19.6. The SMILES string of the molecule is CCOc1ccc(C2CCC(CCc3ccc(CO)c(F)c3F)CC2)c(F)c1. The summed E-state index contributed by atoms with van der Waals surface area (Å²) in [6.07, 6.45) is 4.96. The number of aliphatic hydroxyl groups excluding tert-OH is 1. The van der Waals surface area contributed by atoms with E-state index in [4.69, 9.17) is 9.84 Å². The summed E-state index contributed by atoms with van der Waals surface area (Å²) in [5.74, 6) is -0.826. The van der Waals surface area contributed by atoms with E-state index in [-0.39, 0.29) is 17.3 Å². The number of halogens is 3. The van der Waals surface area contributed by atoms with Crippen molar-refractivity contribution in [1.29, 1.82) is 0 Å². The molecule has 0 atom stereocenters. The fraction of sp³-hybridized carbons (Fsp3) is 0.478. The van der Waals surface area contributed by atoms with Gasteiger partial charge in [-0.3, -0.25) is 0 Å². The van der Waals surface area contributed by atoms with Gasteiger partial charge in [-0.05, 0) is 74.5 Å². The number of benzene rings is 2. The molecule has 2 nitrogen and oxygen atoms in total. The van der Waals surface area contributed by atoms with E-state index in [9.17, 15) is 13.2 Å². The highest BCUT2D eigenvalue weighted by Gasteiger charge is 2.25. The molecule has 0 saturated heterocycles. The van der Waals surface area contributed by atoms with E-state index in [0.29, 0.717) is 30.3 Å². The topological polar surface area (TPSA) is 29.5 Å². The number of aryl methyl sites for hydroxylation is 1. The van der Waals surface area contributed by atoms with E-state index in [1.54, 1.807) is 6.07 Å². The Labute approximate surface area is 164 Å². The lowest BCUT2D eigenvalue weighted by molar-refractivity contribution is 0.273. The maximum Gasteiger partial charge on any atom is 0.164 e. The number of aliphatic hydroxyl groups is 1. The predicted molar refractivity (Wildman–Crippen MR) is 103 cm³/mol. The first-order valence-corrected chi connectivity index (χ1v) is 10.0. The fourth-order valence-electron chi connectivity index (χ4n) is 4.16. The smallest absolute Gasteiger partial charge is 0.164 e. The van der Waals surface area contributed by atoms with Crippen molar-refractivity contribution in [1.82, 2.24) is 0 Å². The van der Waals surface area contributed by atoms with Gasteiger partial charge in [0.25, 0.3) is 0 Å². The Kier molecular flexibility index (Phi) is 7.00. The summed E-state index contributed by atoms with van der Waals surface area (Å²) in [7, 11) is 0. The van der Waals surface area contributed by atoms with Crippen LogP contribution in [0.4, 0.5) is 13.2 Å². The molecule has 0 spiro atoms. The van der Waals surface area contributed by atoms with Gasteiger partial charge in [0.1, 0.15) is 11.6 Å². The molecule has 0 aliphatic heterocycles. The van der Waals surface area contributed by atoms with Gasteiger partial charge in [0.2, 0.25) is 0 Å². The highest BCUT2D eigenvalue weighted by atomic mass is 19.2. The Morgan fingerprint density at radius 3 is 2.29 bits per heavy atom. The van der Waals surface area contributed by atoms with Crippen LogP contribution in [0.1, 0.15) is 61.6 Å². The molecule has 1 fully saturated rings. The first-order chi connectivity index (χ1) is 13.5. The second kappa shape index (κ2) is 9.46. The van der Waals surface area contributed by atoms with Crippen LogP contribution in [0.5, 0.6) is 5.75 Å². The van der Waals surface area contributed by atoms with Gasteiger partial charge in [0.05, 0.1) is 13.2 Å². The maximum atomic E-state index is 14.4. The van der Waals surface area contributed by atoms with Crippen molar-refractivity contribution in [2.75, 3.05) is 6.61 Å². The molecule has 152 valence electrons. The molecule has 2 aromatic rings. The molecule has 1 aliphatic rings. The quantitative estimate of drug-likeness (QED) is 0.635. The van der Waals surface area contributed by atoms with Crippen molar-refractivity contribution >= 4 is 0 Å². The molecule has 2 aromatic carbocycles. The monoisotopic (exact) mass is 392 g/mol. The third kappa shape index (κ3) is 4.69. The minimum Gasteiger partial charge on any atom is -0.494 e. The van der Waals surface area contributed by atoms with E-state index in [1.165, 1.54) is 12.1 Å². The van der Waals surface area contributed by atoms with E-state index in [2.05, 4.69) is 0 Å². The molecular weight excluding hydrogens is 365 g/mol. The zero-order valence-corrected chi connectivity index (χ0v) is 16.2. The Morgan fingerprint density at radius 1 is 0.964 bits per heavy atom. The summed E-state index contributed by atoms with van der Waals surface area (Å²) in [5.41, 5.74) is 1.09. The summed E-state index contributed by atoms with van der Waals surface area (Å²) in [6.45, 7) is 1.88. The zero-order valence-electron chi connectivity index (χ0n) is 16.2. The highest BCUT2D eigenvalue weighted by molar-refractivity contribution is 5.31. The minimum atomic E-state index is -0.949. The molecule has 0 unspecified atom stereocenters. The highest BCUT2D eigenvalue weighted by Crippen LogP contribution is 2.39. The summed E-state index contributed by atoms with van der Waals surface area (Å²) in [4.78, 5) is 0. The van der Waals surface area contributed by atoms with Crippen molar-refractivity contribution in [3.05, 3.63) is 64.5 Å². The third-order valence-corrected chi connectivity index (χ3v) is 5.80. The van der Waals surface area contributed by atoms with Crippen LogP contribution in [-0.2, 0) is 13.0 Å². The molecule has 1 saturated carbocycles. The molecule has 5 heteroatoms. The number of ether oxygens (including phenoxy) is 1. The van der Waals surface area contributed by atoms with E-state index in [1.807, 2.05) is 19.1 Å². The lowest BCUT2D eigenvalue weighted by Gasteiger charge is -2.29. The van der Waals surface area contributed by atoms with Crippen LogP contribution in [0.2, 0.25) is 0 Å². The summed E-state index contributed by atoms with van der Waals surface area (Å²) >= 11 is 0. The largest absolute Gasteiger partial charge is 0.494 e. The van der Waals surface area contributed by atoms with Crippen molar-refractivity contribution in [2.24, 2.45) is 5.92 Å². The van der Waals surface area contributed by atoms with Gasteiger partial charge in [-0.15, -0.1) is 0 Å². The van der Waals surface area contributed by atoms with Crippen molar-refractivity contribution < 1.29 is 23.0 Å². The van der Waals surface area contributed by atoms with E-state index < -0.39 is 18.2 Å². The zero-order chi connectivity index (χ0) is 20.1. The van der Waals surface area contributed by atoms with E-state index in [0.717, 1.165) is 37.7 Å². The molecular formula is C23H27F3O2. The molecule has 0 bridgehead atoms. The second-order valence-corrected chi connectivity index (χ2v) is 7.54. The molecule has 28 heavy (non-hydrogen) atoms. The Hall–Kier alpha value is -2.01. The van der Waals surface area contributed by atoms with E-state index >= 15 is 0 Å². The van der Waals surface area contributed by atoms with Crippen LogP contribution in [0.25, 0.3) is 0 Å². The van der Waals surface area contributed by atoms with Crippen molar-refractivity contribution in [3.8, 4) is 5.75 Å². The van der Waals surface area contributed by atoms with Crippen LogP contribution < -0.4 is 4.74 Å². The van der Waals surface area contributed by atoms with Crippen LogP contribution in [-0.4, -0.2) is 11.7 Å². The minimum absolute atomic E-state index is 0.0147. The first kappa shape index (κ1) is 20.7. The van der Waals surface area contributed by atoms with Crippen molar-refractivity contribution in [2.45, 2.75) is 58.0 Å². The third-order valence-electron chi connectivity index (χ3n) is 5.80. The predicted octanol–water partition coefficient (Wildman–Crippen LogP) is 5.90. The van der Waals surface area contributed by atoms with Crippen LogP contribution in [0.3, 0.4) is 0 Å². The molecule has 0 amide bonds. The van der Waals surface area contributed by atoms with Crippen molar-refractivity contribution in [3.63, 3.8) is 0 Å². The Morgan fingerprint density at radius 2 is 1.64 bits per heavy atom. The van der Waals surface area contributed by atoms with Gasteiger partial charge in [0.15, 0.2) is 11.6 Å². The number of rotatable bonds is 7. The number of hydrogen-bond acceptors (Lipinski definition) is 2. The molecule has 1 N–H and O–H groups in total. The molecule has 0 radical (unpaired) electrons. The summed E-state index contributed by atoms with van der Waals surface area (Å²) < 4.78 is 47.6. The Balaban J connectivity index is 1.54. The van der Waals surface area contributed by atoms with Gasteiger partial charge in [-0.2, -0.15) is 0 Å². The van der Waals surface area contributed by atoms with Gasteiger partial charge < -0.3 is 9.84 Å². The van der Waals surface area contributed by atoms with Crippen LogP contribution >= 0.6 is 0 Å². The molecule has 0 aromatic heterocycles. The van der Waals surface area contributed by atoms with Gasteiger partial charge in [-0.1, -0.05) is 18.2 Å². The average molecular weight is 392 g/mol. The second-order valence-electron chi connectivity index (χ2n) is 7.54. The average Bonchev–Trinajstić information content (AvgIpc) is 2.70. The first-order valence-electron chi connectivity index (χ1n) is 10.0. The fourth-order valence-corrected chi connectivity index (χ4v) is 4.16. The standard InChI is InChI=1S/C23H27F3O2/c1-2-28-19-11-12-20(21(24)13-19)16-6-3-15(4-7-16)5-8-17-9-10-18(14-27)23(26)22(17)25/h9-13,15-16,27H,2-8,14H2,1H3. The lowest BCUT2D eigenvalue weighted by atomic mass is 9.76. The van der Waals surface area contributed by atoms with Gasteiger partial charge in [-0.25, -0.2) is 13.2 Å². The van der Waals surface area contributed by atoms with Gasteiger partial charge in [0, 0.05) is 11.6 Å². The van der Waals surface area contributed by atoms with Crippen LogP contribution in [0.15, 0.2) is 30.3 Å². The Bertz CT molecular complexity index is 799. The molecule has 0 heterocycles. The summed E-state index contributed by atoms with van der Waals surface area (Å²) in [6, 6.07) is 8.11. The number of hydrogen-bond donors (Lipinski definition) is 1. The lowest BCUT2D eigenvalue weighted by Crippen LogP contribution is -2.15. The molecule has 3 rings (SSSR count). The molecule has 1 aliphatic carbocycles. The van der Waals surface area contributed by atoms with Gasteiger partial charge >= 0.3 is 0 Å². The summed E-state index contributed by atoms with van der Waals surface area (Å²) in [5, 5.41) is 9.01. The van der Waals surface area contributed by atoms with Crippen LogP contribution in [0, 0.1) is 23.4 Å². The maximum absolute atomic E-state index is 14.4.